The molecule has 10 aromatic carbocycles. The SMILES string of the molecule is N#Cc1cc2c(/C=C/c3cccc(F)c3)n[nH]c2cc1F.O=C(NC1CC1)c1cc2c(/C=C/c3cccc(F)c3)n[nH]c2cc1F.O=C(NCC1CCCO1)c1cc2c(/C=C/c3cccc(F)c3)n[nH]c2cc1F.O=C(NCc1ccco1)c1cc2c(/C=C/c3cccc(F)c3)n[nH]c2cc1F.O=C(O)c1cc2c(/C=C/c3cccc(F)c3)n[nH]c2cc1F. The zero-order valence-electron chi connectivity index (χ0n) is 64.8. The summed E-state index contributed by atoms with van der Waals surface area (Å²) >= 11 is 0. The van der Waals surface area contributed by atoms with E-state index in [0.717, 1.165) is 31.7 Å². The molecule has 2 fully saturated rings. The van der Waals surface area contributed by atoms with Crippen LogP contribution < -0.4 is 16.0 Å². The first kappa shape index (κ1) is 84.6. The van der Waals surface area contributed by atoms with E-state index in [1.165, 1.54) is 122 Å². The first-order chi connectivity index (χ1) is 60.0. The summed E-state index contributed by atoms with van der Waals surface area (Å²) in [5.41, 5.74) is 7.68. The highest BCUT2D eigenvalue weighted by Crippen LogP contribution is 2.30. The van der Waals surface area contributed by atoms with Crippen molar-refractivity contribution in [3.63, 3.8) is 0 Å². The van der Waals surface area contributed by atoms with Gasteiger partial charge in [-0.15, -0.1) is 0 Å². The maximum atomic E-state index is 14.4. The number of furan rings is 1. The Morgan fingerprint density at radius 2 is 0.742 bits per heavy atom. The smallest absolute Gasteiger partial charge is 0.338 e. The molecular formula is C93H68F10N14O7. The zero-order chi connectivity index (χ0) is 86.9. The van der Waals surface area contributed by atoms with Crippen molar-refractivity contribution in [3.05, 3.63) is 348 Å². The molecule has 3 amide bonds. The van der Waals surface area contributed by atoms with E-state index in [9.17, 15) is 63.1 Å². The van der Waals surface area contributed by atoms with Crippen molar-refractivity contribution < 1.29 is 77.3 Å². The van der Waals surface area contributed by atoms with Gasteiger partial charge in [0.25, 0.3) is 17.7 Å². The van der Waals surface area contributed by atoms with E-state index in [-0.39, 0.29) is 70.0 Å². The number of hydrogen-bond donors (Lipinski definition) is 9. The molecule has 9 N–H and O–H groups in total. The Morgan fingerprint density at radius 3 is 1.06 bits per heavy atom. The molecule has 1 saturated carbocycles. The van der Waals surface area contributed by atoms with Crippen molar-refractivity contribution in [1.29, 1.82) is 5.26 Å². The van der Waals surface area contributed by atoms with Gasteiger partial charge in [0.05, 0.1) is 103 Å². The number of nitriles is 1. The number of carbonyl (C=O) groups is 4. The van der Waals surface area contributed by atoms with Gasteiger partial charge in [-0.1, -0.05) is 91.0 Å². The van der Waals surface area contributed by atoms with E-state index in [1.807, 2.05) is 0 Å². The third kappa shape index (κ3) is 21.6. The van der Waals surface area contributed by atoms with Gasteiger partial charge < -0.3 is 30.2 Å². The number of hydrogen-bond acceptors (Lipinski definition) is 12. The number of ether oxygens (including phenoxy) is 1. The number of carbonyl (C=O) groups excluding carboxylic acids is 3. The minimum absolute atomic E-state index is 0.00112. The monoisotopic (exact) mass is 1680 g/mol. The van der Waals surface area contributed by atoms with Crippen LogP contribution in [0, 0.1) is 69.5 Å². The number of nitrogens with one attached hydrogen (secondary N) is 8. The predicted molar refractivity (Wildman–Crippen MR) is 450 cm³/mol. The molecule has 7 heterocycles. The van der Waals surface area contributed by atoms with Crippen LogP contribution in [0.1, 0.15) is 135 Å². The third-order valence-corrected chi connectivity index (χ3v) is 19.3. The van der Waals surface area contributed by atoms with Crippen molar-refractivity contribution in [3.8, 4) is 6.07 Å². The van der Waals surface area contributed by atoms with Gasteiger partial charge in [0, 0.05) is 76.5 Å². The Hall–Kier alpha value is -15.8. The molecule has 2 aliphatic rings. The van der Waals surface area contributed by atoms with Gasteiger partial charge in [0.2, 0.25) is 0 Å². The van der Waals surface area contributed by atoms with Crippen molar-refractivity contribution in [2.75, 3.05) is 13.2 Å². The minimum Gasteiger partial charge on any atom is -0.478 e. The van der Waals surface area contributed by atoms with Crippen LogP contribution in [0.25, 0.3) is 115 Å². The van der Waals surface area contributed by atoms with Crippen LogP contribution in [0.3, 0.4) is 0 Å². The molecule has 21 nitrogen and oxygen atoms in total. The molecule has 0 radical (unpaired) electrons. The second kappa shape index (κ2) is 38.9. The molecular weight excluding hydrogens is 1620 g/mol. The number of halogens is 10. The van der Waals surface area contributed by atoms with E-state index < -0.39 is 58.3 Å². The van der Waals surface area contributed by atoms with Crippen molar-refractivity contribution in [1.82, 2.24) is 66.9 Å². The number of benzene rings is 10. The molecule has 124 heavy (non-hydrogen) atoms. The predicted octanol–water partition coefficient (Wildman–Crippen LogP) is 20.0. The lowest BCUT2D eigenvalue weighted by Gasteiger charge is -2.11. The third-order valence-electron chi connectivity index (χ3n) is 19.3. The molecule has 1 aliphatic heterocycles. The van der Waals surface area contributed by atoms with Gasteiger partial charge in [0.1, 0.15) is 70.0 Å². The molecule has 16 aromatic rings. The maximum absolute atomic E-state index is 14.4. The number of carboxylic acids is 1. The topological polar surface area (TPSA) is 314 Å². The fraction of sp³-hybridized carbons (Fsp3) is 0.0968. The van der Waals surface area contributed by atoms with Gasteiger partial charge in [-0.05, 0) is 187 Å². The summed E-state index contributed by atoms with van der Waals surface area (Å²) in [5, 5.41) is 63.0. The van der Waals surface area contributed by atoms with Crippen LogP contribution in [0.4, 0.5) is 43.9 Å². The molecule has 0 spiro atoms. The number of amides is 3. The number of carboxylic acid groups (broad SMARTS) is 1. The first-order valence-corrected chi connectivity index (χ1v) is 38.2. The van der Waals surface area contributed by atoms with Gasteiger partial charge >= 0.3 is 5.97 Å². The summed E-state index contributed by atoms with van der Waals surface area (Å²) in [6.07, 6.45) is 22.0. The summed E-state index contributed by atoms with van der Waals surface area (Å²) in [4.78, 5) is 47.9. The van der Waals surface area contributed by atoms with Crippen LogP contribution >= 0.6 is 0 Å². The number of fused-ring (bicyclic) bond motifs is 5. The highest BCUT2D eigenvalue weighted by Gasteiger charge is 2.27. The number of nitrogens with zero attached hydrogens (tertiary/aromatic N) is 6. The Balaban J connectivity index is 0.000000127. The van der Waals surface area contributed by atoms with E-state index in [1.54, 1.807) is 140 Å². The lowest BCUT2D eigenvalue weighted by molar-refractivity contribution is 0.0691. The Labute approximate surface area is 697 Å². The van der Waals surface area contributed by atoms with Crippen molar-refractivity contribution in [2.24, 2.45) is 0 Å². The van der Waals surface area contributed by atoms with Crippen LogP contribution in [0.2, 0.25) is 0 Å². The molecule has 1 atom stereocenters. The van der Waals surface area contributed by atoms with E-state index >= 15 is 0 Å². The number of H-pyrrole nitrogens is 5. The highest BCUT2D eigenvalue weighted by atomic mass is 19.2. The van der Waals surface area contributed by atoms with Crippen LogP contribution in [0.15, 0.2) is 205 Å². The van der Waals surface area contributed by atoms with Crippen LogP contribution in [-0.4, -0.2) is 105 Å². The van der Waals surface area contributed by atoms with Crippen molar-refractivity contribution >= 4 is 139 Å². The number of aromatic carboxylic acids is 1. The molecule has 0 bridgehead atoms. The van der Waals surface area contributed by atoms with E-state index in [0.29, 0.717) is 130 Å². The Kier molecular flexibility index (Phi) is 26.6. The average molecular weight is 1680 g/mol. The second-order valence-corrected chi connectivity index (χ2v) is 28.1. The Morgan fingerprint density at radius 1 is 0.403 bits per heavy atom. The Bertz CT molecular complexity index is 6870. The molecule has 1 saturated heterocycles. The molecule has 622 valence electrons. The average Bonchev–Trinajstić information content (AvgIpc) is 1.64. The van der Waals surface area contributed by atoms with E-state index in [4.69, 9.17) is 19.5 Å². The first-order valence-electron chi connectivity index (χ1n) is 38.2. The fourth-order valence-corrected chi connectivity index (χ4v) is 12.9. The molecule has 1 unspecified atom stereocenters. The number of aromatic amines is 5. The second-order valence-electron chi connectivity index (χ2n) is 28.1. The molecule has 1 aliphatic carbocycles. The molecule has 18 rings (SSSR count). The summed E-state index contributed by atoms with van der Waals surface area (Å²) in [7, 11) is 0. The lowest BCUT2D eigenvalue weighted by Crippen LogP contribution is -2.32. The normalized spacial score (nSPS) is 13.2. The van der Waals surface area contributed by atoms with Crippen LogP contribution in [-0.2, 0) is 11.3 Å². The van der Waals surface area contributed by atoms with Gasteiger partial charge in [0.15, 0.2) is 0 Å². The fourth-order valence-electron chi connectivity index (χ4n) is 12.9. The van der Waals surface area contributed by atoms with Crippen LogP contribution in [0.5, 0.6) is 0 Å². The summed E-state index contributed by atoms with van der Waals surface area (Å²) in [6.45, 7) is 1.20. The standard InChI is InChI=1S/C21H19F2N3O2.C21H15F2N3O2.C19H15F2N3O.C16H9F2N3.C16H10F2N2O2/c2*22-14-4-1-3-13(9-14)6-7-19-17-10-16(18(23)11-20(17)26-25-19)21(27)24-12-15-5-2-8-28-15;20-12-3-1-2-11(8-12)4-7-17-15-9-14(19(25)22-13-5-6-13)16(21)10-18(15)24-23-17;17-12-3-1-2-10(6-12)4-5-15-13-7-11(9-19)14(18)8-16(13)21-20-15;17-10-3-1-2-9(6-10)4-5-14-12-7-11(16(21)22)13(18)8-15(12)20-19-14/h1,3-4,6-7,9-11,15H,2,5,8,12H2,(H,24,27)(H,25,26);1-11H,12H2,(H,24,27)(H,25,26);1-4,7-10,13H,5-6H2,(H,22,25)(H,23,24);1-8H,(H,20,21);1-8H,(H,19,20)(H,21,22)/b2*7-6+;7-4+;2*5-4+. The van der Waals surface area contributed by atoms with Gasteiger partial charge in [-0.3, -0.25) is 39.9 Å². The summed E-state index contributed by atoms with van der Waals surface area (Å²) in [5.74, 6) is -7.21. The lowest BCUT2D eigenvalue weighted by atomic mass is 10.1. The van der Waals surface area contributed by atoms with Gasteiger partial charge in [-0.2, -0.15) is 30.8 Å². The molecule has 6 aromatic heterocycles. The quantitative estimate of drug-likeness (QED) is 0.0341. The minimum atomic E-state index is -1.35. The van der Waals surface area contributed by atoms with E-state index in [2.05, 4.69) is 66.9 Å². The number of aromatic nitrogens is 10. The summed E-state index contributed by atoms with van der Waals surface area (Å²) < 4.78 is 147. The van der Waals surface area contributed by atoms with Gasteiger partial charge in [-0.25, -0.2) is 48.7 Å². The highest BCUT2D eigenvalue weighted by molar-refractivity contribution is 6.03. The molecule has 31 heteroatoms. The zero-order valence-corrected chi connectivity index (χ0v) is 64.8. The maximum Gasteiger partial charge on any atom is 0.338 e. The van der Waals surface area contributed by atoms with Crippen molar-refractivity contribution in [2.45, 2.75) is 44.4 Å². The summed E-state index contributed by atoms with van der Waals surface area (Å²) in [6, 6.07) is 49.0. The number of rotatable bonds is 19. The largest absolute Gasteiger partial charge is 0.478 e.